The van der Waals surface area contributed by atoms with E-state index in [0.29, 0.717) is 0 Å². The Morgan fingerprint density at radius 1 is 0.362 bits per heavy atom. The Morgan fingerprint density at radius 2 is 0.810 bits per heavy atom. The highest BCUT2D eigenvalue weighted by atomic mass is 15.1. The van der Waals surface area contributed by atoms with E-state index < -0.39 is 0 Å². The van der Waals surface area contributed by atoms with Gasteiger partial charge in [0.15, 0.2) is 0 Å². The van der Waals surface area contributed by atoms with E-state index in [-0.39, 0.29) is 5.41 Å². The van der Waals surface area contributed by atoms with Gasteiger partial charge < -0.3 is 9.47 Å². The lowest BCUT2D eigenvalue weighted by atomic mass is 9.87. The number of para-hydroxylation sites is 2. The Labute approximate surface area is 339 Å². The van der Waals surface area contributed by atoms with Crippen LogP contribution in [0.25, 0.3) is 82.1 Å². The molecule has 1 aromatic heterocycles. The molecule has 0 bridgehead atoms. The second kappa shape index (κ2) is 13.2. The van der Waals surface area contributed by atoms with Gasteiger partial charge in [-0.05, 0) is 103 Å². The van der Waals surface area contributed by atoms with Crippen LogP contribution in [-0.4, -0.2) is 4.57 Å². The molecule has 0 aliphatic carbocycles. The average Bonchev–Trinajstić information content (AvgIpc) is 3.60. The second-order valence-electron chi connectivity index (χ2n) is 16.6. The van der Waals surface area contributed by atoms with Gasteiger partial charge in [-0.15, -0.1) is 0 Å². The molecule has 11 rings (SSSR count). The maximum Gasteiger partial charge on any atom is 0.0541 e. The van der Waals surface area contributed by atoms with Crippen LogP contribution in [0, 0.1) is 0 Å². The normalized spacial score (nSPS) is 12.1. The van der Waals surface area contributed by atoms with Crippen LogP contribution in [-0.2, 0) is 5.41 Å². The molecule has 0 radical (unpaired) electrons. The molecule has 0 saturated heterocycles. The summed E-state index contributed by atoms with van der Waals surface area (Å²) in [6, 6.07) is 73.8. The summed E-state index contributed by atoms with van der Waals surface area (Å²) < 4.78 is 2.46. The van der Waals surface area contributed by atoms with Gasteiger partial charge in [-0.2, -0.15) is 0 Å². The Balaban J connectivity index is 1.08. The van der Waals surface area contributed by atoms with E-state index in [2.05, 4.69) is 230 Å². The molecule has 1 heterocycles. The van der Waals surface area contributed by atoms with Gasteiger partial charge in [0.2, 0.25) is 0 Å². The lowest BCUT2D eigenvalue weighted by Crippen LogP contribution is -2.13. The number of aromatic nitrogens is 1. The van der Waals surface area contributed by atoms with Crippen LogP contribution in [0.4, 0.5) is 17.1 Å². The van der Waals surface area contributed by atoms with Crippen molar-refractivity contribution in [1.29, 1.82) is 0 Å². The van der Waals surface area contributed by atoms with Crippen molar-refractivity contribution in [2.75, 3.05) is 4.90 Å². The van der Waals surface area contributed by atoms with Crippen molar-refractivity contribution in [2.24, 2.45) is 0 Å². The van der Waals surface area contributed by atoms with Crippen molar-refractivity contribution in [3.8, 4) is 27.9 Å². The molecule has 2 nitrogen and oxygen atoms in total. The van der Waals surface area contributed by atoms with Gasteiger partial charge in [-0.25, -0.2) is 0 Å². The predicted octanol–water partition coefficient (Wildman–Crippen LogP) is 15.8. The lowest BCUT2D eigenvalue weighted by molar-refractivity contribution is 0.590. The SMILES string of the molecule is CC(C)(C)c1ccc(N(c2ccc(-c3ccc(-c4ccccc4)cc3)cc2)c2ccc3ccc4c(-n5c6ccccc6c6ccccc65)ccc5ccc2c3c54)cc1. The molecule has 0 aliphatic rings. The highest BCUT2D eigenvalue weighted by Crippen LogP contribution is 2.46. The smallest absolute Gasteiger partial charge is 0.0541 e. The number of rotatable bonds is 6. The molecule has 0 amide bonds. The maximum absolute atomic E-state index is 2.46. The van der Waals surface area contributed by atoms with Crippen LogP contribution in [0.1, 0.15) is 26.3 Å². The molecule has 0 aliphatic heterocycles. The molecule has 0 fully saturated rings. The van der Waals surface area contributed by atoms with Crippen LogP contribution in [0.2, 0.25) is 0 Å². The number of hydrogen-bond donors (Lipinski definition) is 0. The minimum Gasteiger partial charge on any atom is -0.310 e. The van der Waals surface area contributed by atoms with Gasteiger partial charge in [0, 0.05) is 32.9 Å². The fourth-order valence-corrected chi connectivity index (χ4v) is 9.17. The first-order chi connectivity index (χ1) is 28.4. The number of fused-ring (bicyclic) bond motifs is 3. The van der Waals surface area contributed by atoms with Crippen molar-refractivity contribution >= 4 is 71.2 Å². The standard InChI is InChI=1S/C56H42N2/c1-56(2,3)43-27-31-45(32-28-43)57(44-29-21-40(22-30-44)39-19-17-38(18-20-39)37-11-5-4-6-12-37)52-35-25-41-24-34-49-53(36-26-42-23-33-48(52)54(41)55(42)49)58-50-15-9-7-13-46(50)47-14-8-10-16-51(47)58/h4-36H,1-3H3. The van der Waals surface area contributed by atoms with Crippen LogP contribution in [0.3, 0.4) is 0 Å². The third-order valence-corrected chi connectivity index (χ3v) is 12.1. The van der Waals surface area contributed by atoms with E-state index in [9.17, 15) is 0 Å². The molecule has 11 aromatic rings. The molecule has 10 aromatic carbocycles. The molecular weight excluding hydrogens is 701 g/mol. The van der Waals surface area contributed by atoms with Crippen molar-refractivity contribution in [2.45, 2.75) is 26.2 Å². The summed E-state index contributed by atoms with van der Waals surface area (Å²) in [5.41, 5.74) is 13.3. The summed E-state index contributed by atoms with van der Waals surface area (Å²) in [6.45, 7) is 6.83. The minimum atomic E-state index is 0.0577. The van der Waals surface area contributed by atoms with E-state index >= 15 is 0 Å². The Kier molecular flexibility index (Phi) is 7.78. The number of hydrogen-bond acceptors (Lipinski definition) is 1. The highest BCUT2D eigenvalue weighted by Gasteiger charge is 2.22. The zero-order valence-electron chi connectivity index (χ0n) is 32.9. The third kappa shape index (κ3) is 5.48. The molecular formula is C56H42N2. The van der Waals surface area contributed by atoms with E-state index in [0.717, 1.165) is 17.1 Å². The first-order valence-corrected chi connectivity index (χ1v) is 20.3. The second-order valence-corrected chi connectivity index (χ2v) is 16.6. The van der Waals surface area contributed by atoms with E-state index in [1.54, 1.807) is 0 Å². The largest absolute Gasteiger partial charge is 0.310 e. The predicted molar refractivity (Wildman–Crippen MR) is 249 cm³/mol. The summed E-state index contributed by atoms with van der Waals surface area (Å²) in [5, 5.41) is 10.1. The van der Waals surface area contributed by atoms with Crippen LogP contribution >= 0.6 is 0 Å². The monoisotopic (exact) mass is 742 g/mol. The van der Waals surface area contributed by atoms with Crippen molar-refractivity contribution in [1.82, 2.24) is 4.57 Å². The van der Waals surface area contributed by atoms with Gasteiger partial charge in [0.1, 0.15) is 0 Å². The summed E-state index contributed by atoms with van der Waals surface area (Å²) in [4.78, 5) is 2.44. The first-order valence-electron chi connectivity index (χ1n) is 20.3. The molecule has 0 saturated carbocycles. The minimum absolute atomic E-state index is 0.0577. The zero-order valence-corrected chi connectivity index (χ0v) is 32.9. The summed E-state index contributed by atoms with van der Waals surface area (Å²) >= 11 is 0. The van der Waals surface area contributed by atoms with E-state index in [4.69, 9.17) is 0 Å². The first kappa shape index (κ1) is 34.1. The zero-order chi connectivity index (χ0) is 39.0. The fraction of sp³-hybridized carbons (Fsp3) is 0.0714. The Morgan fingerprint density at radius 3 is 1.40 bits per heavy atom. The van der Waals surface area contributed by atoms with Crippen molar-refractivity contribution in [3.05, 3.63) is 206 Å². The molecule has 0 spiro atoms. The molecule has 2 heteroatoms. The molecule has 276 valence electrons. The molecule has 0 N–H and O–H groups in total. The molecule has 0 unspecified atom stereocenters. The van der Waals surface area contributed by atoms with Crippen LogP contribution in [0.15, 0.2) is 200 Å². The van der Waals surface area contributed by atoms with E-state index in [1.165, 1.54) is 87.6 Å². The lowest BCUT2D eigenvalue weighted by Gasteiger charge is -2.29. The summed E-state index contributed by atoms with van der Waals surface area (Å²) in [5.74, 6) is 0. The third-order valence-electron chi connectivity index (χ3n) is 12.1. The average molecular weight is 743 g/mol. The van der Waals surface area contributed by atoms with Gasteiger partial charge in [0.25, 0.3) is 0 Å². The maximum atomic E-state index is 2.46. The summed E-state index contributed by atoms with van der Waals surface area (Å²) in [6.07, 6.45) is 0. The van der Waals surface area contributed by atoms with E-state index in [1.807, 2.05) is 0 Å². The number of benzene rings is 10. The fourth-order valence-electron chi connectivity index (χ4n) is 9.17. The van der Waals surface area contributed by atoms with Crippen LogP contribution in [0.5, 0.6) is 0 Å². The Hall–Kier alpha value is -7.16. The van der Waals surface area contributed by atoms with Gasteiger partial charge in [-0.1, -0.05) is 172 Å². The van der Waals surface area contributed by atoms with Gasteiger partial charge in [0.05, 0.1) is 22.4 Å². The number of nitrogens with zero attached hydrogens (tertiary/aromatic N) is 2. The summed E-state index contributed by atoms with van der Waals surface area (Å²) in [7, 11) is 0. The number of anilines is 3. The van der Waals surface area contributed by atoms with Crippen molar-refractivity contribution < 1.29 is 0 Å². The van der Waals surface area contributed by atoms with Crippen LogP contribution < -0.4 is 4.90 Å². The molecule has 58 heavy (non-hydrogen) atoms. The van der Waals surface area contributed by atoms with Gasteiger partial charge >= 0.3 is 0 Å². The highest BCUT2D eigenvalue weighted by molar-refractivity contribution is 6.27. The topological polar surface area (TPSA) is 8.17 Å². The quantitative estimate of drug-likeness (QED) is 0.154. The molecule has 0 atom stereocenters. The Bertz CT molecular complexity index is 3220. The van der Waals surface area contributed by atoms with Gasteiger partial charge in [-0.3, -0.25) is 0 Å². The van der Waals surface area contributed by atoms with Crippen molar-refractivity contribution in [3.63, 3.8) is 0 Å².